The molecule has 1 fully saturated rings. The van der Waals surface area contributed by atoms with Gasteiger partial charge in [0.1, 0.15) is 0 Å². The van der Waals surface area contributed by atoms with Crippen molar-refractivity contribution < 1.29 is 0 Å². The summed E-state index contributed by atoms with van der Waals surface area (Å²) < 4.78 is 0. The summed E-state index contributed by atoms with van der Waals surface area (Å²) in [6.07, 6.45) is 5.37. The fourth-order valence-electron chi connectivity index (χ4n) is 3.09. The van der Waals surface area contributed by atoms with Gasteiger partial charge in [-0.15, -0.1) is 0 Å². The molecular weight excluding hydrogens is 232 g/mol. The maximum atomic E-state index is 3.82. The normalized spacial score (nSPS) is 22.5. The number of nitrogens with one attached hydrogen (secondary N) is 1. The van der Waals surface area contributed by atoms with Crippen molar-refractivity contribution in [3.05, 3.63) is 29.8 Å². The topological polar surface area (TPSA) is 15.3 Å². The van der Waals surface area contributed by atoms with Gasteiger partial charge in [-0.25, -0.2) is 0 Å². The first kappa shape index (κ1) is 14.4. The Bertz CT molecular complexity index is 409. The fraction of sp³-hybridized carbons (Fsp3) is 0.647. The molecule has 1 unspecified atom stereocenters. The van der Waals surface area contributed by atoms with Gasteiger partial charge in [0.2, 0.25) is 0 Å². The number of anilines is 1. The van der Waals surface area contributed by atoms with Crippen LogP contribution in [0, 0.1) is 5.41 Å². The molecule has 2 heteroatoms. The molecule has 106 valence electrons. The first-order valence-electron chi connectivity index (χ1n) is 7.48. The van der Waals surface area contributed by atoms with Crippen LogP contribution >= 0.6 is 0 Å². The van der Waals surface area contributed by atoms with Gasteiger partial charge < -0.3 is 10.2 Å². The van der Waals surface area contributed by atoms with E-state index in [-0.39, 0.29) is 0 Å². The van der Waals surface area contributed by atoms with Gasteiger partial charge in [0.25, 0.3) is 0 Å². The minimum atomic E-state index is 0.406. The Morgan fingerprint density at radius 2 is 1.95 bits per heavy atom. The van der Waals surface area contributed by atoms with Crippen LogP contribution in [0.4, 0.5) is 5.69 Å². The highest BCUT2D eigenvalue weighted by Gasteiger charge is 2.32. The van der Waals surface area contributed by atoms with Crippen LogP contribution in [0.2, 0.25) is 0 Å². The Hall–Kier alpha value is -1.02. The number of para-hydroxylation sites is 1. The molecule has 2 rings (SSSR count). The number of hydrogen-bond acceptors (Lipinski definition) is 2. The first-order chi connectivity index (χ1) is 8.99. The maximum absolute atomic E-state index is 3.82. The molecule has 1 aliphatic rings. The largest absolute Gasteiger partial charge is 0.382 e. The molecule has 0 bridgehead atoms. The molecule has 0 amide bonds. The Labute approximate surface area is 118 Å². The van der Waals surface area contributed by atoms with Gasteiger partial charge in [0.05, 0.1) is 0 Å². The second kappa shape index (κ2) is 5.96. The molecule has 1 N–H and O–H groups in total. The summed E-state index contributed by atoms with van der Waals surface area (Å²) in [6, 6.07) is 9.33. The lowest BCUT2D eigenvalue weighted by molar-refractivity contribution is 0.217. The molecule has 0 spiro atoms. The number of benzene rings is 1. The average Bonchev–Trinajstić information content (AvgIpc) is 2.33. The summed E-state index contributed by atoms with van der Waals surface area (Å²) in [5.41, 5.74) is 3.12. The Morgan fingerprint density at radius 1 is 1.21 bits per heavy atom. The molecule has 1 aliphatic carbocycles. The standard InChI is InChI=1S/C17H28N2/c1-17(2)12-8-7-11-16(17)18-15-10-6-5-9-14(15)13-19(3)4/h5-6,9-10,16,18H,7-8,11-13H2,1-4H3. The highest BCUT2D eigenvalue weighted by atomic mass is 15.1. The molecule has 19 heavy (non-hydrogen) atoms. The molecule has 0 saturated heterocycles. The van der Waals surface area contributed by atoms with Crippen molar-refractivity contribution in [1.82, 2.24) is 4.90 Å². The van der Waals surface area contributed by atoms with Crippen molar-refractivity contribution in [2.24, 2.45) is 5.41 Å². The van der Waals surface area contributed by atoms with Crippen LogP contribution in [0.5, 0.6) is 0 Å². The van der Waals surface area contributed by atoms with Crippen molar-refractivity contribution in [2.45, 2.75) is 52.1 Å². The summed E-state index contributed by atoms with van der Waals surface area (Å²) in [6.45, 7) is 5.80. The van der Waals surface area contributed by atoms with E-state index in [1.54, 1.807) is 0 Å². The van der Waals surface area contributed by atoms with Crippen LogP contribution in [-0.4, -0.2) is 25.0 Å². The van der Waals surface area contributed by atoms with Crippen molar-refractivity contribution in [3.8, 4) is 0 Å². The highest BCUT2D eigenvalue weighted by molar-refractivity contribution is 5.52. The third-order valence-corrected chi connectivity index (χ3v) is 4.34. The van der Waals surface area contributed by atoms with Gasteiger partial charge >= 0.3 is 0 Å². The summed E-state index contributed by atoms with van der Waals surface area (Å²) in [7, 11) is 4.25. The van der Waals surface area contributed by atoms with Gasteiger partial charge in [-0.1, -0.05) is 44.9 Å². The van der Waals surface area contributed by atoms with Crippen LogP contribution in [0.1, 0.15) is 45.1 Å². The number of hydrogen-bond donors (Lipinski definition) is 1. The molecule has 2 nitrogen and oxygen atoms in total. The quantitative estimate of drug-likeness (QED) is 0.875. The van der Waals surface area contributed by atoms with Crippen LogP contribution in [0.3, 0.4) is 0 Å². The lowest BCUT2D eigenvalue weighted by atomic mass is 9.73. The lowest BCUT2D eigenvalue weighted by Crippen LogP contribution is -2.39. The van der Waals surface area contributed by atoms with Gasteiger partial charge in [0, 0.05) is 18.3 Å². The SMILES string of the molecule is CN(C)Cc1ccccc1NC1CCCCC1(C)C. The van der Waals surface area contributed by atoms with Gasteiger partial charge in [0.15, 0.2) is 0 Å². The van der Waals surface area contributed by atoms with E-state index in [1.807, 2.05) is 0 Å². The Balaban J connectivity index is 2.13. The van der Waals surface area contributed by atoms with Gasteiger partial charge in [-0.2, -0.15) is 0 Å². The van der Waals surface area contributed by atoms with E-state index in [2.05, 4.69) is 62.4 Å². The zero-order valence-electron chi connectivity index (χ0n) is 12.9. The molecule has 0 aromatic heterocycles. The van der Waals surface area contributed by atoms with Crippen molar-refractivity contribution in [2.75, 3.05) is 19.4 Å². The predicted octanol–water partition coefficient (Wildman–Crippen LogP) is 4.13. The van der Waals surface area contributed by atoms with E-state index in [0.29, 0.717) is 11.5 Å². The minimum absolute atomic E-state index is 0.406. The zero-order valence-corrected chi connectivity index (χ0v) is 12.9. The molecule has 1 saturated carbocycles. The lowest BCUT2D eigenvalue weighted by Gasteiger charge is -2.40. The smallest absolute Gasteiger partial charge is 0.0388 e. The average molecular weight is 260 g/mol. The van der Waals surface area contributed by atoms with E-state index >= 15 is 0 Å². The van der Waals surface area contributed by atoms with E-state index in [4.69, 9.17) is 0 Å². The fourth-order valence-corrected chi connectivity index (χ4v) is 3.09. The molecule has 1 aromatic carbocycles. The summed E-state index contributed by atoms with van der Waals surface area (Å²) in [5.74, 6) is 0. The molecule has 0 aliphatic heterocycles. The van der Waals surface area contributed by atoms with E-state index in [0.717, 1.165) is 6.54 Å². The molecule has 0 heterocycles. The molecule has 1 atom stereocenters. The Kier molecular flexibility index (Phi) is 4.51. The third kappa shape index (κ3) is 3.73. The molecule has 0 radical (unpaired) electrons. The molecular formula is C17H28N2. The number of nitrogens with zero attached hydrogens (tertiary/aromatic N) is 1. The maximum Gasteiger partial charge on any atom is 0.0388 e. The van der Waals surface area contributed by atoms with Gasteiger partial charge in [-0.05, 0) is 44.0 Å². The predicted molar refractivity (Wildman–Crippen MR) is 83.5 cm³/mol. The second-order valence-electron chi connectivity index (χ2n) is 6.83. The summed E-state index contributed by atoms with van der Waals surface area (Å²) in [4.78, 5) is 2.23. The van der Waals surface area contributed by atoms with Gasteiger partial charge in [-0.3, -0.25) is 0 Å². The summed E-state index contributed by atoms with van der Waals surface area (Å²) in [5, 5.41) is 3.82. The zero-order chi connectivity index (χ0) is 13.9. The van der Waals surface area contributed by atoms with Crippen molar-refractivity contribution in [1.29, 1.82) is 0 Å². The Morgan fingerprint density at radius 3 is 2.63 bits per heavy atom. The van der Waals surface area contributed by atoms with Crippen LogP contribution in [0.15, 0.2) is 24.3 Å². The summed E-state index contributed by atoms with van der Waals surface area (Å²) >= 11 is 0. The van der Waals surface area contributed by atoms with Crippen molar-refractivity contribution in [3.63, 3.8) is 0 Å². The van der Waals surface area contributed by atoms with Crippen LogP contribution in [0.25, 0.3) is 0 Å². The van der Waals surface area contributed by atoms with Crippen LogP contribution < -0.4 is 5.32 Å². The molecule has 1 aromatic rings. The second-order valence-corrected chi connectivity index (χ2v) is 6.83. The monoisotopic (exact) mass is 260 g/mol. The first-order valence-corrected chi connectivity index (χ1v) is 7.48. The van der Waals surface area contributed by atoms with E-state index in [9.17, 15) is 0 Å². The number of rotatable bonds is 4. The van der Waals surface area contributed by atoms with E-state index in [1.165, 1.54) is 36.9 Å². The minimum Gasteiger partial charge on any atom is -0.382 e. The van der Waals surface area contributed by atoms with Crippen LogP contribution in [-0.2, 0) is 6.54 Å². The van der Waals surface area contributed by atoms with Crippen molar-refractivity contribution >= 4 is 5.69 Å². The highest BCUT2D eigenvalue weighted by Crippen LogP contribution is 2.37. The third-order valence-electron chi connectivity index (χ3n) is 4.34. The van der Waals surface area contributed by atoms with E-state index < -0.39 is 0 Å².